The molecule has 0 aliphatic heterocycles. The molecule has 0 radical (unpaired) electrons. The number of carbonyl (C=O) groups is 1. The van der Waals surface area contributed by atoms with E-state index in [1.54, 1.807) is 14.0 Å². The van der Waals surface area contributed by atoms with Crippen LogP contribution in [0, 0.1) is 6.92 Å². The maximum atomic E-state index is 11.4. The summed E-state index contributed by atoms with van der Waals surface area (Å²) in [5, 5.41) is 17.3. The molecule has 0 spiro atoms. The van der Waals surface area contributed by atoms with Gasteiger partial charge in [-0.25, -0.2) is 0 Å². The van der Waals surface area contributed by atoms with E-state index in [2.05, 4.69) is 36.2 Å². The number of nitrogens with zero attached hydrogens (tertiary/aromatic N) is 2. The molecule has 1 aromatic heterocycles. The van der Waals surface area contributed by atoms with Gasteiger partial charge < -0.3 is 14.3 Å². The standard InChI is InChI=1S/C22H24N2O4/c1-13(2)15-8-9-20(27-4)18(11-15)16-6-5-7-17(10-16)19(12-21(25)26)22-24-23-14(3)28-22/h5-11,13,19H,12H2,1-4H3,(H,25,26)/t19-/m1/s1. The van der Waals surface area contributed by atoms with Gasteiger partial charge in [0.05, 0.1) is 19.4 Å². The number of hydrogen-bond donors (Lipinski definition) is 1. The molecule has 0 unspecified atom stereocenters. The van der Waals surface area contributed by atoms with E-state index in [4.69, 9.17) is 9.15 Å². The zero-order valence-corrected chi connectivity index (χ0v) is 16.5. The summed E-state index contributed by atoms with van der Waals surface area (Å²) in [5.74, 6) is 0.426. The van der Waals surface area contributed by atoms with Crippen molar-refractivity contribution in [1.82, 2.24) is 10.2 Å². The maximum Gasteiger partial charge on any atom is 0.304 e. The molecule has 1 heterocycles. The van der Waals surface area contributed by atoms with E-state index < -0.39 is 11.9 Å². The molecule has 2 aromatic carbocycles. The van der Waals surface area contributed by atoms with Gasteiger partial charge in [0, 0.05) is 12.5 Å². The second-order valence-electron chi connectivity index (χ2n) is 7.05. The summed E-state index contributed by atoms with van der Waals surface area (Å²) in [4.78, 5) is 11.4. The van der Waals surface area contributed by atoms with Gasteiger partial charge in [-0.1, -0.05) is 44.2 Å². The van der Waals surface area contributed by atoms with Crippen LogP contribution in [0.5, 0.6) is 5.75 Å². The summed E-state index contributed by atoms with van der Waals surface area (Å²) in [7, 11) is 1.65. The van der Waals surface area contributed by atoms with Crippen molar-refractivity contribution < 1.29 is 19.1 Å². The second-order valence-corrected chi connectivity index (χ2v) is 7.05. The first-order valence-electron chi connectivity index (χ1n) is 9.19. The molecule has 6 nitrogen and oxygen atoms in total. The van der Waals surface area contributed by atoms with Crippen molar-refractivity contribution in [3.63, 3.8) is 0 Å². The number of aryl methyl sites for hydroxylation is 1. The quantitative estimate of drug-likeness (QED) is 0.635. The van der Waals surface area contributed by atoms with Gasteiger partial charge in [0.15, 0.2) is 0 Å². The fraction of sp³-hybridized carbons (Fsp3) is 0.318. The number of carboxylic acids is 1. The van der Waals surface area contributed by atoms with E-state index in [9.17, 15) is 9.90 Å². The third kappa shape index (κ3) is 4.22. The Hall–Kier alpha value is -3.15. The highest BCUT2D eigenvalue weighted by molar-refractivity contribution is 5.73. The molecule has 0 saturated carbocycles. The van der Waals surface area contributed by atoms with E-state index in [0.717, 1.165) is 22.4 Å². The minimum atomic E-state index is -0.925. The fourth-order valence-corrected chi connectivity index (χ4v) is 3.21. The van der Waals surface area contributed by atoms with E-state index in [-0.39, 0.29) is 6.42 Å². The molecule has 0 saturated heterocycles. The van der Waals surface area contributed by atoms with Crippen LogP contribution < -0.4 is 4.74 Å². The number of ether oxygens (including phenoxy) is 1. The predicted octanol–water partition coefficient (Wildman–Crippen LogP) is 4.78. The van der Waals surface area contributed by atoms with E-state index >= 15 is 0 Å². The summed E-state index contributed by atoms with van der Waals surface area (Å²) in [6, 6.07) is 13.9. The maximum absolute atomic E-state index is 11.4. The molecule has 28 heavy (non-hydrogen) atoms. The minimum absolute atomic E-state index is 0.131. The Kier molecular flexibility index (Phi) is 5.78. The smallest absolute Gasteiger partial charge is 0.304 e. The number of benzene rings is 2. The Balaban J connectivity index is 2.08. The number of carboxylic acid groups (broad SMARTS) is 1. The summed E-state index contributed by atoms with van der Waals surface area (Å²) < 4.78 is 11.1. The lowest BCUT2D eigenvalue weighted by atomic mass is 9.91. The lowest BCUT2D eigenvalue weighted by molar-refractivity contribution is -0.137. The summed E-state index contributed by atoms with van der Waals surface area (Å²) >= 11 is 0. The van der Waals surface area contributed by atoms with Crippen molar-refractivity contribution in [2.24, 2.45) is 0 Å². The van der Waals surface area contributed by atoms with Gasteiger partial charge >= 0.3 is 5.97 Å². The first-order chi connectivity index (χ1) is 13.4. The Labute approximate surface area is 164 Å². The molecule has 1 N–H and O–H groups in total. The first-order valence-corrected chi connectivity index (χ1v) is 9.19. The number of rotatable bonds is 7. The van der Waals surface area contributed by atoms with Gasteiger partial charge in [0.25, 0.3) is 0 Å². The topological polar surface area (TPSA) is 85.5 Å². The van der Waals surface area contributed by atoms with Crippen LogP contribution in [0.2, 0.25) is 0 Å². The Morgan fingerprint density at radius 2 is 1.93 bits per heavy atom. The van der Waals surface area contributed by atoms with Crippen molar-refractivity contribution in [1.29, 1.82) is 0 Å². The molecule has 6 heteroatoms. The molecular formula is C22H24N2O4. The van der Waals surface area contributed by atoms with Gasteiger partial charge in [0.2, 0.25) is 11.8 Å². The SMILES string of the molecule is COc1ccc(C(C)C)cc1-c1cccc([C@@H](CC(=O)O)c2nnc(C)o2)c1. The molecule has 3 rings (SSSR count). The van der Waals surface area contributed by atoms with Crippen molar-refractivity contribution in [2.75, 3.05) is 7.11 Å². The Morgan fingerprint density at radius 1 is 1.14 bits per heavy atom. The normalized spacial score (nSPS) is 12.2. The average molecular weight is 380 g/mol. The highest BCUT2D eigenvalue weighted by atomic mass is 16.5. The van der Waals surface area contributed by atoms with Crippen molar-refractivity contribution in [2.45, 2.75) is 39.0 Å². The monoisotopic (exact) mass is 380 g/mol. The van der Waals surface area contributed by atoms with Crippen LogP contribution in [0.1, 0.15) is 55.0 Å². The Bertz CT molecular complexity index is 978. The lowest BCUT2D eigenvalue weighted by Crippen LogP contribution is -2.08. The summed E-state index contributed by atoms with van der Waals surface area (Å²) in [6.07, 6.45) is -0.131. The molecule has 0 aliphatic carbocycles. The molecule has 0 fully saturated rings. The zero-order chi connectivity index (χ0) is 20.3. The fourth-order valence-electron chi connectivity index (χ4n) is 3.21. The summed E-state index contributed by atoms with van der Waals surface area (Å²) in [6.45, 7) is 5.97. The van der Waals surface area contributed by atoms with E-state index in [1.807, 2.05) is 30.3 Å². The van der Waals surface area contributed by atoms with Crippen LogP contribution in [0.25, 0.3) is 11.1 Å². The number of methoxy groups -OCH3 is 1. The van der Waals surface area contributed by atoms with Gasteiger partial charge in [-0.2, -0.15) is 0 Å². The molecule has 0 amide bonds. The predicted molar refractivity (Wildman–Crippen MR) is 106 cm³/mol. The molecule has 1 atom stereocenters. The minimum Gasteiger partial charge on any atom is -0.496 e. The molecule has 3 aromatic rings. The van der Waals surface area contributed by atoms with Crippen LogP contribution >= 0.6 is 0 Å². The second kappa shape index (κ2) is 8.25. The van der Waals surface area contributed by atoms with Crippen molar-refractivity contribution in [3.05, 3.63) is 65.4 Å². The zero-order valence-electron chi connectivity index (χ0n) is 16.5. The highest BCUT2D eigenvalue weighted by Crippen LogP contribution is 2.36. The van der Waals surface area contributed by atoms with Gasteiger partial charge in [-0.05, 0) is 34.7 Å². The molecule has 0 aliphatic rings. The van der Waals surface area contributed by atoms with Crippen molar-refractivity contribution in [3.8, 4) is 16.9 Å². The molecular weight excluding hydrogens is 356 g/mol. The van der Waals surface area contributed by atoms with Crippen LogP contribution in [0.3, 0.4) is 0 Å². The number of aromatic nitrogens is 2. The van der Waals surface area contributed by atoms with E-state index in [1.165, 1.54) is 5.56 Å². The first kappa shape index (κ1) is 19.6. The van der Waals surface area contributed by atoms with Gasteiger partial charge in [0.1, 0.15) is 5.75 Å². The van der Waals surface area contributed by atoms with Crippen LogP contribution in [-0.4, -0.2) is 28.4 Å². The van der Waals surface area contributed by atoms with Crippen LogP contribution in [0.4, 0.5) is 0 Å². The Morgan fingerprint density at radius 3 is 2.54 bits per heavy atom. The van der Waals surface area contributed by atoms with E-state index in [0.29, 0.717) is 17.7 Å². The van der Waals surface area contributed by atoms with Gasteiger partial charge in [-0.3, -0.25) is 4.79 Å². The van der Waals surface area contributed by atoms with Crippen molar-refractivity contribution >= 4 is 5.97 Å². The number of hydrogen-bond acceptors (Lipinski definition) is 5. The number of aliphatic carboxylic acids is 1. The lowest BCUT2D eigenvalue weighted by Gasteiger charge is -2.16. The largest absolute Gasteiger partial charge is 0.496 e. The molecule has 0 bridgehead atoms. The summed E-state index contributed by atoms with van der Waals surface area (Å²) in [5.41, 5.74) is 3.92. The average Bonchev–Trinajstić information content (AvgIpc) is 3.11. The highest BCUT2D eigenvalue weighted by Gasteiger charge is 2.24. The molecule has 146 valence electrons. The van der Waals surface area contributed by atoms with Crippen LogP contribution in [-0.2, 0) is 4.79 Å². The van der Waals surface area contributed by atoms with Crippen LogP contribution in [0.15, 0.2) is 46.9 Å². The van der Waals surface area contributed by atoms with Gasteiger partial charge in [-0.15, -0.1) is 10.2 Å². The third-order valence-corrected chi connectivity index (χ3v) is 4.71. The third-order valence-electron chi connectivity index (χ3n) is 4.71.